The molecular weight excluding hydrogens is 184 g/mol. The van der Waals surface area contributed by atoms with Gasteiger partial charge in [-0.2, -0.15) is 0 Å². The number of carbonyl (C=O) groups is 1. The zero-order valence-corrected chi connectivity index (χ0v) is 7.86. The van der Waals surface area contributed by atoms with Crippen LogP contribution in [0.3, 0.4) is 0 Å². The monoisotopic (exact) mass is 196 g/mol. The van der Waals surface area contributed by atoms with E-state index in [0.29, 0.717) is 24.3 Å². The van der Waals surface area contributed by atoms with Crippen molar-refractivity contribution in [2.45, 2.75) is 31.9 Å². The fraction of sp³-hybridized carbons (Fsp3) is 0.556. The molecule has 0 bridgehead atoms. The van der Waals surface area contributed by atoms with Crippen LogP contribution in [-0.4, -0.2) is 28.3 Å². The fourth-order valence-corrected chi connectivity index (χ4v) is 1.44. The van der Waals surface area contributed by atoms with E-state index in [-0.39, 0.29) is 18.1 Å². The number of amides is 1. The number of aromatic nitrogens is 1. The molecule has 1 fully saturated rings. The van der Waals surface area contributed by atoms with Crippen LogP contribution in [0.5, 0.6) is 0 Å². The van der Waals surface area contributed by atoms with Gasteiger partial charge in [-0.05, 0) is 19.8 Å². The molecule has 0 aromatic carbocycles. The molecule has 0 unspecified atom stereocenters. The topological polar surface area (TPSA) is 75.4 Å². The van der Waals surface area contributed by atoms with Crippen molar-refractivity contribution in [1.82, 2.24) is 10.5 Å². The first-order valence-electron chi connectivity index (χ1n) is 4.57. The molecule has 0 radical (unpaired) electrons. The number of aliphatic hydroxyl groups excluding tert-OH is 1. The molecule has 1 aromatic rings. The second-order valence-corrected chi connectivity index (χ2v) is 3.62. The lowest BCUT2D eigenvalue weighted by Gasteiger charge is -2.31. The van der Waals surface area contributed by atoms with Crippen molar-refractivity contribution in [1.29, 1.82) is 0 Å². The maximum Gasteiger partial charge on any atom is 0.273 e. The molecule has 76 valence electrons. The third-order valence-electron chi connectivity index (χ3n) is 2.31. The summed E-state index contributed by atoms with van der Waals surface area (Å²) < 4.78 is 4.78. The van der Waals surface area contributed by atoms with E-state index < -0.39 is 0 Å². The lowest BCUT2D eigenvalue weighted by molar-refractivity contribution is 0.0559. The van der Waals surface area contributed by atoms with E-state index in [4.69, 9.17) is 9.63 Å². The quantitative estimate of drug-likeness (QED) is 0.710. The van der Waals surface area contributed by atoms with Crippen molar-refractivity contribution in [2.24, 2.45) is 0 Å². The number of hydrogen-bond acceptors (Lipinski definition) is 4. The Bertz CT molecular complexity index is 342. The molecule has 1 amide bonds. The number of aliphatic hydroxyl groups is 1. The molecule has 1 aliphatic carbocycles. The summed E-state index contributed by atoms with van der Waals surface area (Å²) in [6.45, 7) is 1.73. The number of nitrogens with zero attached hydrogens (tertiary/aromatic N) is 1. The van der Waals surface area contributed by atoms with E-state index in [2.05, 4.69) is 10.5 Å². The zero-order chi connectivity index (χ0) is 10.1. The maximum atomic E-state index is 11.5. The molecule has 5 nitrogen and oxygen atoms in total. The molecule has 2 N–H and O–H groups in total. The van der Waals surface area contributed by atoms with E-state index in [0.717, 1.165) is 0 Å². The van der Waals surface area contributed by atoms with Gasteiger partial charge in [0.25, 0.3) is 5.91 Å². The Hall–Kier alpha value is -1.36. The van der Waals surface area contributed by atoms with Gasteiger partial charge in [0.2, 0.25) is 0 Å². The molecule has 1 saturated carbocycles. The highest BCUT2D eigenvalue weighted by atomic mass is 16.5. The highest BCUT2D eigenvalue weighted by Crippen LogP contribution is 2.19. The summed E-state index contributed by atoms with van der Waals surface area (Å²) in [7, 11) is 0. The largest absolute Gasteiger partial charge is 0.393 e. The molecule has 1 aliphatic rings. The average molecular weight is 196 g/mol. The summed E-state index contributed by atoms with van der Waals surface area (Å²) in [6, 6.07) is 1.67. The molecule has 0 spiro atoms. The van der Waals surface area contributed by atoms with Crippen molar-refractivity contribution in [2.75, 3.05) is 0 Å². The smallest absolute Gasteiger partial charge is 0.273 e. The minimum absolute atomic E-state index is 0.0782. The van der Waals surface area contributed by atoms with Gasteiger partial charge in [-0.3, -0.25) is 4.79 Å². The van der Waals surface area contributed by atoms with Crippen molar-refractivity contribution in [3.05, 3.63) is 17.5 Å². The van der Waals surface area contributed by atoms with Crippen LogP contribution in [-0.2, 0) is 0 Å². The van der Waals surface area contributed by atoms with E-state index in [9.17, 15) is 4.79 Å². The number of nitrogens with one attached hydrogen (secondary N) is 1. The highest BCUT2D eigenvalue weighted by Gasteiger charge is 2.29. The van der Waals surface area contributed by atoms with E-state index in [1.807, 2.05) is 0 Å². The number of carbonyl (C=O) groups excluding carboxylic acids is 1. The predicted molar refractivity (Wildman–Crippen MR) is 47.7 cm³/mol. The van der Waals surface area contributed by atoms with Gasteiger partial charge in [0, 0.05) is 12.1 Å². The van der Waals surface area contributed by atoms with Crippen LogP contribution in [0.15, 0.2) is 10.6 Å². The van der Waals surface area contributed by atoms with E-state index in [1.165, 1.54) is 0 Å². The van der Waals surface area contributed by atoms with Gasteiger partial charge in [-0.1, -0.05) is 5.16 Å². The Morgan fingerprint density at radius 2 is 2.43 bits per heavy atom. The molecule has 1 aromatic heterocycles. The van der Waals surface area contributed by atoms with Crippen LogP contribution in [0.1, 0.15) is 29.1 Å². The lowest BCUT2D eigenvalue weighted by Crippen LogP contribution is -2.46. The Labute approximate surface area is 81.1 Å². The van der Waals surface area contributed by atoms with Crippen LogP contribution in [0, 0.1) is 6.92 Å². The second-order valence-electron chi connectivity index (χ2n) is 3.62. The summed E-state index contributed by atoms with van der Waals surface area (Å²) in [4.78, 5) is 11.5. The van der Waals surface area contributed by atoms with Crippen molar-refractivity contribution in [3.8, 4) is 0 Å². The first-order valence-corrected chi connectivity index (χ1v) is 4.57. The van der Waals surface area contributed by atoms with Crippen molar-refractivity contribution < 1.29 is 14.4 Å². The van der Waals surface area contributed by atoms with Gasteiger partial charge in [0.05, 0.1) is 6.10 Å². The third-order valence-corrected chi connectivity index (χ3v) is 2.31. The predicted octanol–water partition coefficient (Wildman–Crippen LogP) is 0.236. The van der Waals surface area contributed by atoms with E-state index >= 15 is 0 Å². The number of aryl methyl sites for hydroxylation is 1. The molecule has 2 rings (SSSR count). The minimum atomic E-state index is -0.264. The lowest BCUT2D eigenvalue weighted by atomic mass is 9.89. The standard InChI is InChI=1S/C9H12N2O3/c1-5-2-8(11-14-5)9(13)10-6-3-7(12)4-6/h2,6-7,12H,3-4H2,1H3,(H,10,13). The minimum Gasteiger partial charge on any atom is -0.393 e. The fourth-order valence-electron chi connectivity index (χ4n) is 1.44. The maximum absolute atomic E-state index is 11.5. The first-order chi connectivity index (χ1) is 6.65. The van der Waals surface area contributed by atoms with E-state index in [1.54, 1.807) is 13.0 Å². The molecule has 14 heavy (non-hydrogen) atoms. The van der Waals surface area contributed by atoms with Crippen LogP contribution in [0.25, 0.3) is 0 Å². The Morgan fingerprint density at radius 1 is 1.71 bits per heavy atom. The SMILES string of the molecule is Cc1cc(C(=O)NC2CC(O)C2)no1. The van der Waals surface area contributed by atoms with Crippen LogP contribution in [0.4, 0.5) is 0 Å². The summed E-state index contributed by atoms with van der Waals surface area (Å²) in [5.74, 6) is 0.377. The number of rotatable bonds is 2. The normalized spacial score (nSPS) is 25.6. The summed E-state index contributed by atoms with van der Waals surface area (Å²) >= 11 is 0. The first kappa shape index (κ1) is 9.21. The molecule has 5 heteroatoms. The van der Waals surface area contributed by atoms with Gasteiger partial charge in [0.1, 0.15) is 5.76 Å². The Morgan fingerprint density at radius 3 is 2.93 bits per heavy atom. The number of hydrogen-bond donors (Lipinski definition) is 2. The second kappa shape index (κ2) is 3.42. The van der Waals surface area contributed by atoms with Crippen LogP contribution < -0.4 is 5.32 Å². The van der Waals surface area contributed by atoms with Gasteiger partial charge in [-0.25, -0.2) is 0 Å². The third kappa shape index (κ3) is 1.77. The van der Waals surface area contributed by atoms with Crippen LogP contribution in [0.2, 0.25) is 0 Å². The van der Waals surface area contributed by atoms with Crippen LogP contribution >= 0.6 is 0 Å². The highest BCUT2D eigenvalue weighted by molar-refractivity contribution is 5.92. The molecule has 0 saturated heterocycles. The van der Waals surface area contributed by atoms with Gasteiger partial charge < -0.3 is 14.9 Å². The molecule has 0 aliphatic heterocycles. The Kier molecular flexibility index (Phi) is 2.25. The van der Waals surface area contributed by atoms with Crippen molar-refractivity contribution >= 4 is 5.91 Å². The molecular formula is C9H12N2O3. The zero-order valence-electron chi connectivity index (χ0n) is 7.86. The summed E-state index contributed by atoms with van der Waals surface area (Å²) in [6.07, 6.45) is 0.991. The Balaban J connectivity index is 1.90. The summed E-state index contributed by atoms with van der Waals surface area (Å²) in [5.41, 5.74) is 0.295. The molecule has 1 heterocycles. The van der Waals surface area contributed by atoms with Gasteiger partial charge in [0.15, 0.2) is 5.69 Å². The van der Waals surface area contributed by atoms with Gasteiger partial charge >= 0.3 is 0 Å². The molecule has 0 atom stereocenters. The van der Waals surface area contributed by atoms with Gasteiger partial charge in [-0.15, -0.1) is 0 Å². The summed E-state index contributed by atoms with van der Waals surface area (Å²) in [5, 5.41) is 15.4. The average Bonchev–Trinajstić information content (AvgIpc) is 2.49. The van der Waals surface area contributed by atoms with Crippen molar-refractivity contribution in [3.63, 3.8) is 0 Å².